The van der Waals surface area contributed by atoms with Gasteiger partial charge in [-0.2, -0.15) is 0 Å². The Morgan fingerprint density at radius 2 is 1.44 bits per heavy atom. The van der Waals surface area contributed by atoms with Gasteiger partial charge in [0, 0.05) is 32.1 Å². The van der Waals surface area contributed by atoms with Crippen LogP contribution >= 0.6 is 0 Å². The SMILES string of the molecule is CN(C)c1ccc([C@@H]2[C@H](C(=O)OC(C)(C)C)C(=O)C[C@](C)(O)[C@H]2C(=O)OC(C)(C)C)cc1. The summed E-state index contributed by atoms with van der Waals surface area (Å²) in [6.07, 6.45) is -0.340. The van der Waals surface area contributed by atoms with Crippen molar-refractivity contribution in [2.24, 2.45) is 11.8 Å². The van der Waals surface area contributed by atoms with Crippen molar-refractivity contribution < 1.29 is 29.0 Å². The Hall–Kier alpha value is -2.41. The van der Waals surface area contributed by atoms with Crippen molar-refractivity contribution in [3.8, 4) is 0 Å². The van der Waals surface area contributed by atoms with E-state index in [0.717, 1.165) is 5.69 Å². The molecule has 1 aromatic rings. The van der Waals surface area contributed by atoms with Crippen LogP contribution in [0.25, 0.3) is 0 Å². The third-order valence-corrected chi connectivity index (χ3v) is 5.38. The van der Waals surface area contributed by atoms with Gasteiger partial charge in [0.1, 0.15) is 17.1 Å². The summed E-state index contributed by atoms with van der Waals surface area (Å²) in [6.45, 7) is 11.8. The number of carbonyl (C=O) groups is 3. The van der Waals surface area contributed by atoms with Gasteiger partial charge in [-0.25, -0.2) is 0 Å². The molecule has 2 rings (SSSR count). The van der Waals surface area contributed by atoms with Gasteiger partial charge < -0.3 is 19.5 Å². The molecule has 0 aliphatic heterocycles. The van der Waals surface area contributed by atoms with Crippen LogP contribution in [-0.2, 0) is 23.9 Å². The quantitative estimate of drug-likeness (QED) is 0.558. The van der Waals surface area contributed by atoms with Crippen LogP contribution < -0.4 is 4.90 Å². The first-order chi connectivity index (χ1) is 14.4. The Kier molecular flexibility index (Phi) is 7.15. The highest BCUT2D eigenvalue weighted by molar-refractivity contribution is 6.03. The van der Waals surface area contributed by atoms with Crippen molar-refractivity contribution in [1.82, 2.24) is 0 Å². The van der Waals surface area contributed by atoms with Crippen LogP contribution in [-0.4, -0.2) is 53.7 Å². The zero-order chi connectivity index (χ0) is 24.6. The monoisotopic (exact) mass is 447 g/mol. The molecule has 1 aliphatic carbocycles. The van der Waals surface area contributed by atoms with Crippen molar-refractivity contribution in [3.05, 3.63) is 29.8 Å². The first-order valence-corrected chi connectivity index (χ1v) is 10.9. The summed E-state index contributed by atoms with van der Waals surface area (Å²) in [5.41, 5.74) is -1.77. The van der Waals surface area contributed by atoms with E-state index in [4.69, 9.17) is 9.47 Å². The fourth-order valence-corrected chi connectivity index (χ4v) is 4.14. The molecule has 0 heterocycles. The molecular formula is C25H37NO6. The van der Waals surface area contributed by atoms with E-state index in [1.807, 2.05) is 31.1 Å². The molecule has 0 amide bonds. The molecule has 0 unspecified atom stereocenters. The van der Waals surface area contributed by atoms with Crippen molar-refractivity contribution in [1.29, 1.82) is 0 Å². The standard InChI is InChI=1S/C25H37NO6/c1-23(2,3)31-21(28)19-17(27)14-25(7,30)20(22(29)32-24(4,5)6)18(19)15-10-12-16(13-11-15)26(8)9/h10-13,18-20,30H,14H2,1-9H3/t18-,19-,20-,25+/m1/s1. The highest BCUT2D eigenvalue weighted by Gasteiger charge is 2.57. The summed E-state index contributed by atoms with van der Waals surface area (Å²) in [5, 5.41) is 11.2. The number of Topliss-reactive ketones (excluding diaryl/α,β-unsaturated/α-hetero) is 1. The van der Waals surface area contributed by atoms with Crippen LogP contribution in [0.2, 0.25) is 0 Å². The molecule has 178 valence electrons. The molecule has 0 saturated heterocycles. The minimum Gasteiger partial charge on any atom is -0.460 e. The Labute approximate surface area is 191 Å². The molecule has 7 heteroatoms. The number of nitrogens with zero attached hydrogens (tertiary/aromatic N) is 1. The number of esters is 2. The van der Waals surface area contributed by atoms with Crippen molar-refractivity contribution in [2.45, 2.75) is 77.6 Å². The molecule has 0 aromatic heterocycles. The zero-order valence-electron chi connectivity index (χ0n) is 20.7. The van der Waals surface area contributed by atoms with E-state index in [-0.39, 0.29) is 6.42 Å². The zero-order valence-corrected chi connectivity index (χ0v) is 20.7. The maximum Gasteiger partial charge on any atom is 0.317 e. The number of hydrogen-bond acceptors (Lipinski definition) is 7. The number of anilines is 1. The fraction of sp³-hybridized carbons (Fsp3) is 0.640. The second-order valence-electron chi connectivity index (χ2n) is 11.0. The topological polar surface area (TPSA) is 93.1 Å². The van der Waals surface area contributed by atoms with Crippen LogP contribution in [0, 0.1) is 11.8 Å². The molecule has 0 radical (unpaired) electrons. The lowest BCUT2D eigenvalue weighted by Crippen LogP contribution is -2.56. The minimum atomic E-state index is -1.68. The highest BCUT2D eigenvalue weighted by atomic mass is 16.6. The predicted molar refractivity (Wildman–Crippen MR) is 122 cm³/mol. The number of aliphatic hydroxyl groups is 1. The van der Waals surface area contributed by atoms with Crippen molar-refractivity contribution >= 4 is 23.4 Å². The first-order valence-electron chi connectivity index (χ1n) is 10.9. The summed E-state index contributed by atoms with van der Waals surface area (Å²) in [7, 11) is 3.80. The molecule has 0 bridgehead atoms. The van der Waals surface area contributed by atoms with E-state index in [2.05, 4.69) is 0 Å². The number of carbonyl (C=O) groups excluding carboxylic acids is 3. The minimum absolute atomic E-state index is 0.340. The number of ketones is 1. The van der Waals surface area contributed by atoms with Gasteiger partial charge in [0.05, 0.1) is 11.5 Å². The molecule has 1 N–H and O–H groups in total. The molecule has 1 aromatic carbocycles. The van der Waals surface area contributed by atoms with Gasteiger partial charge in [-0.05, 0) is 66.2 Å². The van der Waals surface area contributed by atoms with Crippen LogP contribution in [0.3, 0.4) is 0 Å². The molecule has 7 nitrogen and oxygen atoms in total. The summed E-state index contributed by atoms with van der Waals surface area (Å²) in [5.74, 6) is -5.07. The Balaban J connectivity index is 2.64. The Bertz CT molecular complexity index is 858. The van der Waals surface area contributed by atoms with Gasteiger partial charge in [-0.15, -0.1) is 0 Å². The van der Waals surface area contributed by atoms with Crippen LogP contribution in [0.15, 0.2) is 24.3 Å². The largest absolute Gasteiger partial charge is 0.460 e. The van der Waals surface area contributed by atoms with Crippen LogP contribution in [0.4, 0.5) is 5.69 Å². The van der Waals surface area contributed by atoms with E-state index < -0.39 is 52.3 Å². The van der Waals surface area contributed by atoms with Crippen LogP contribution in [0.1, 0.15) is 66.4 Å². The molecular weight excluding hydrogens is 410 g/mol. The van der Waals surface area contributed by atoms with E-state index in [1.54, 1.807) is 53.7 Å². The molecule has 4 atom stereocenters. The fourth-order valence-electron chi connectivity index (χ4n) is 4.14. The first kappa shape index (κ1) is 25.8. The maximum atomic E-state index is 13.3. The number of ether oxygens (including phenoxy) is 2. The number of rotatable bonds is 4. The normalized spacial score (nSPS) is 26.4. The molecule has 32 heavy (non-hydrogen) atoms. The summed E-state index contributed by atoms with van der Waals surface area (Å²) >= 11 is 0. The maximum absolute atomic E-state index is 13.3. The third kappa shape index (κ3) is 6.09. The summed E-state index contributed by atoms with van der Waals surface area (Å²) in [6, 6.07) is 7.26. The smallest absolute Gasteiger partial charge is 0.317 e. The predicted octanol–water partition coefficient (Wildman–Crippen LogP) is 3.48. The second kappa shape index (κ2) is 8.85. The van der Waals surface area contributed by atoms with Gasteiger partial charge >= 0.3 is 11.9 Å². The van der Waals surface area contributed by atoms with Gasteiger partial charge in [0.15, 0.2) is 5.78 Å². The van der Waals surface area contributed by atoms with Gasteiger partial charge in [-0.1, -0.05) is 12.1 Å². The molecule has 1 saturated carbocycles. The second-order valence-corrected chi connectivity index (χ2v) is 11.0. The van der Waals surface area contributed by atoms with E-state index in [0.29, 0.717) is 5.56 Å². The Morgan fingerprint density at radius 3 is 1.88 bits per heavy atom. The van der Waals surface area contributed by atoms with Gasteiger partial charge in [-0.3, -0.25) is 14.4 Å². The molecule has 1 aliphatic rings. The third-order valence-electron chi connectivity index (χ3n) is 5.38. The van der Waals surface area contributed by atoms with E-state index >= 15 is 0 Å². The Morgan fingerprint density at radius 1 is 0.969 bits per heavy atom. The molecule has 0 spiro atoms. The summed E-state index contributed by atoms with van der Waals surface area (Å²) < 4.78 is 11.2. The van der Waals surface area contributed by atoms with Gasteiger partial charge in [0.25, 0.3) is 0 Å². The lowest BCUT2D eigenvalue weighted by Gasteiger charge is -2.44. The lowest BCUT2D eigenvalue weighted by atomic mass is 9.61. The summed E-state index contributed by atoms with van der Waals surface area (Å²) in [4.78, 5) is 41.5. The average molecular weight is 448 g/mol. The number of hydrogen-bond donors (Lipinski definition) is 1. The molecule has 1 fully saturated rings. The van der Waals surface area contributed by atoms with Crippen molar-refractivity contribution in [2.75, 3.05) is 19.0 Å². The average Bonchev–Trinajstić information content (AvgIpc) is 2.56. The highest BCUT2D eigenvalue weighted by Crippen LogP contribution is 2.47. The van der Waals surface area contributed by atoms with Crippen molar-refractivity contribution in [3.63, 3.8) is 0 Å². The van der Waals surface area contributed by atoms with E-state index in [9.17, 15) is 19.5 Å². The lowest BCUT2D eigenvalue weighted by molar-refractivity contribution is -0.182. The van der Waals surface area contributed by atoms with Gasteiger partial charge in [0.2, 0.25) is 0 Å². The number of benzene rings is 1. The van der Waals surface area contributed by atoms with E-state index in [1.165, 1.54) is 6.92 Å². The van der Waals surface area contributed by atoms with Crippen LogP contribution in [0.5, 0.6) is 0 Å².